The Hall–Kier alpha value is -1.21. The van der Waals surface area contributed by atoms with Crippen molar-refractivity contribution in [2.75, 3.05) is 19.8 Å². The molecule has 124 valence electrons. The molecule has 1 amide bonds. The molecule has 0 rings (SSSR count). The molecule has 0 aromatic carbocycles. The van der Waals surface area contributed by atoms with Gasteiger partial charge in [-0.25, -0.2) is 4.79 Å². The van der Waals surface area contributed by atoms with Crippen LogP contribution >= 0.6 is 0 Å². The number of ether oxygens (including phenoxy) is 2. The molecule has 21 heavy (non-hydrogen) atoms. The maximum Gasteiger partial charge on any atom is 0.397 e. The van der Waals surface area contributed by atoms with E-state index in [1.54, 1.807) is 0 Å². The number of aliphatic carboxylic acids is 1. The van der Waals surface area contributed by atoms with Gasteiger partial charge in [-0.3, -0.25) is 4.79 Å². The van der Waals surface area contributed by atoms with Gasteiger partial charge in [0.1, 0.15) is 0 Å². The van der Waals surface area contributed by atoms with E-state index in [1.807, 2.05) is 33.0 Å². The summed E-state index contributed by atoms with van der Waals surface area (Å²) in [6, 6.07) is 0. The van der Waals surface area contributed by atoms with Gasteiger partial charge in [-0.15, -0.1) is 4.39 Å². The van der Waals surface area contributed by atoms with Crippen LogP contribution in [0.4, 0.5) is 9.18 Å². The highest BCUT2D eigenvalue weighted by molar-refractivity contribution is 5.66. The summed E-state index contributed by atoms with van der Waals surface area (Å²) in [6.07, 6.45) is -0.463. The van der Waals surface area contributed by atoms with Crippen LogP contribution in [0.15, 0.2) is 0 Å². The van der Waals surface area contributed by atoms with Gasteiger partial charge in [-0.1, -0.05) is 0 Å². The standard InChI is InChI=1S/C14H26FNO5/c1-13(2,6-5-11(17)18)20-9-7-14(3,4)21-10-8-16-12(15)19/h5-10H2,1-4H3,(H,16,19)(H,17,18). The molecule has 0 aromatic heterocycles. The van der Waals surface area contributed by atoms with Gasteiger partial charge in [0.05, 0.1) is 24.4 Å². The molecule has 0 unspecified atom stereocenters. The van der Waals surface area contributed by atoms with Crippen molar-refractivity contribution in [1.29, 1.82) is 0 Å². The molecule has 0 radical (unpaired) electrons. The molecular formula is C14H26FNO5. The summed E-state index contributed by atoms with van der Waals surface area (Å²) in [5, 5.41) is 10.7. The predicted octanol–water partition coefficient (Wildman–Crippen LogP) is 2.51. The van der Waals surface area contributed by atoms with Crippen molar-refractivity contribution in [2.24, 2.45) is 0 Å². The molecular weight excluding hydrogens is 281 g/mol. The summed E-state index contributed by atoms with van der Waals surface area (Å²) in [4.78, 5) is 20.6. The summed E-state index contributed by atoms with van der Waals surface area (Å²) in [6.45, 7) is 8.20. The average molecular weight is 307 g/mol. The van der Waals surface area contributed by atoms with Crippen molar-refractivity contribution in [1.82, 2.24) is 5.32 Å². The lowest BCUT2D eigenvalue weighted by molar-refractivity contribution is -0.139. The van der Waals surface area contributed by atoms with Gasteiger partial charge < -0.3 is 19.9 Å². The van der Waals surface area contributed by atoms with E-state index in [0.29, 0.717) is 19.4 Å². The van der Waals surface area contributed by atoms with Gasteiger partial charge >= 0.3 is 12.1 Å². The van der Waals surface area contributed by atoms with E-state index in [4.69, 9.17) is 14.6 Å². The maximum atomic E-state index is 11.9. The molecule has 0 aliphatic heterocycles. The van der Waals surface area contributed by atoms with Crippen LogP contribution in [0.5, 0.6) is 0 Å². The summed E-state index contributed by atoms with van der Waals surface area (Å²) in [5.74, 6) is -0.842. The zero-order valence-electron chi connectivity index (χ0n) is 13.2. The number of carboxylic acids is 1. The summed E-state index contributed by atoms with van der Waals surface area (Å²) in [7, 11) is 0. The minimum absolute atomic E-state index is 0.0653. The molecule has 6 nitrogen and oxygen atoms in total. The Morgan fingerprint density at radius 2 is 1.57 bits per heavy atom. The molecule has 0 saturated heterocycles. The van der Waals surface area contributed by atoms with Crippen molar-refractivity contribution in [3.63, 3.8) is 0 Å². The number of amides is 1. The van der Waals surface area contributed by atoms with Gasteiger partial charge in [0.15, 0.2) is 0 Å². The molecule has 0 spiro atoms. The zero-order chi connectivity index (χ0) is 16.5. The molecule has 2 N–H and O–H groups in total. The van der Waals surface area contributed by atoms with Gasteiger partial charge in [0.2, 0.25) is 0 Å². The summed E-state index contributed by atoms with van der Waals surface area (Å²) in [5.41, 5.74) is -0.972. The molecule has 0 aromatic rings. The van der Waals surface area contributed by atoms with Crippen LogP contribution in [-0.4, -0.2) is 48.2 Å². The number of nitrogens with one attached hydrogen (secondary N) is 1. The third kappa shape index (κ3) is 12.3. The average Bonchev–Trinajstić information content (AvgIpc) is 2.32. The first-order chi connectivity index (χ1) is 9.54. The fraction of sp³-hybridized carbons (Fsp3) is 0.857. The number of hydrogen-bond acceptors (Lipinski definition) is 4. The van der Waals surface area contributed by atoms with Crippen molar-refractivity contribution in [3.8, 4) is 0 Å². The van der Waals surface area contributed by atoms with Crippen LogP contribution in [0.3, 0.4) is 0 Å². The fourth-order valence-corrected chi connectivity index (χ4v) is 1.60. The lowest BCUT2D eigenvalue weighted by atomic mass is 10.0. The van der Waals surface area contributed by atoms with E-state index in [-0.39, 0.29) is 19.6 Å². The number of carbonyl (C=O) groups is 2. The fourth-order valence-electron chi connectivity index (χ4n) is 1.60. The molecule has 0 heterocycles. The Morgan fingerprint density at radius 1 is 1.05 bits per heavy atom. The van der Waals surface area contributed by atoms with Crippen LogP contribution in [-0.2, 0) is 14.3 Å². The first-order valence-electron chi connectivity index (χ1n) is 6.97. The Kier molecular flexibility index (Phi) is 8.43. The normalized spacial score (nSPS) is 12.2. The predicted molar refractivity (Wildman–Crippen MR) is 76.1 cm³/mol. The first-order valence-corrected chi connectivity index (χ1v) is 6.97. The quantitative estimate of drug-likeness (QED) is 0.348. The number of halogens is 1. The molecule has 0 aliphatic rings. The summed E-state index contributed by atoms with van der Waals surface area (Å²) >= 11 is 0. The molecule has 0 fully saturated rings. The molecule has 7 heteroatoms. The van der Waals surface area contributed by atoms with Crippen LogP contribution < -0.4 is 5.32 Å². The second-order valence-electron chi connectivity index (χ2n) is 6.06. The summed E-state index contributed by atoms with van der Waals surface area (Å²) < 4.78 is 23.1. The van der Waals surface area contributed by atoms with Crippen LogP contribution in [0.1, 0.15) is 47.0 Å². The monoisotopic (exact) mass is 307 g/mol. The highest BCUT2D eigenvalue weighted by Crippen LogP contribution is 2.20. The zero-order valence-corrected chi connectivity index (χ0v) is 13.2. The second kappa shape index (κ2) is 8.94. The highest BCUT2D eigenvalue weighted by Gasteiger charge is 2.23. The third-order valence-corrected chi connectivity index (χ3v) is 3.00. The first kappa shape index (κ1) is 19.8. The van der Waals surface area contributed by atoms with Crippen LogP contribution in [0.2, 0.25) is 0 Å². The van der Waals surface area contributed by atoms with E-state index in [0.717, 1.165) is 0 Å². The van der Waals surface area contributed by atoms with E-state index in [1.165, 1.54) is 0 Å². The topological polar surface area (TPSA) is 84.9 Å². The minimum Gasteiger partial charge on any atom is -0.481 e. The lowest BCUT2D eigenvalue weighted by Gasteiger charge is -2.29. The number of rotatable bonds is 11. The Morgan fingerprint density at radius 3 is 2.10 bits per heavy atom. The second-order valence-corrected chi connectivity index (χ2v) is 6.06. The minimum atomic E-state index is -1.57. The number of hydrogen-bond donors (Lipinski definition) is 2. The van der Waals surface area contributed by atoms with Crippen LogP contribution in [0.25, 0.3) is 0 Å². The van der Waals surface area contributed by atoms with E-state index >= 15 is 0 Å². The smallest absolute Gasteiger partial charge is 0.397 e. The third-order valence-electron chi connectivity index (χ3n) is 3.00. The van der Waals surface area contributed by atoms with Gasteiger partial charge in [0, 0.05) is 13.0 Å². The van der Waals surface area contributed by atoms with Crippen molar-refractivity contribution < 1.29 is 28.6 Å². The number of carboxylic acid groups (broad SMARTS) is 1. The maximum absolute atomic E-state index is 11.9. The molecule has 0 saturated carbocycles. The lowest BCUT2D eigenvalue weighted by Crippen LogP contribution is -2.33. The van der Waals surface area contributed by atoms with Crippen molar-refractivity contribution >= 4 is 12.1 Å². The van der Waals surface area contributed by atoms with E-state index < -0.39 is 23.3 Å². The van der Waals surface area contributed by atoms with Gasteiger partial charge in [-0.05, 0) is 40.5 Å². The van der Waals surface area contributed by atoms with Crippen LogP contribution in [0, 0.1) is 0 Å². The molecule has 0 atom stereocenters. The van der Waals surface area contributed by atoms with E-state index in [2.05, 4.69) is 0 Å². The Labute approximate surface area is 125 Å². The largest absolute Gasteiger partial charge is 0.481 e. The Bertz CT molecular complexity index is 344. The van der Waals surface area contributed by atoms with Crippen molar-refractivity contribution in [3.05, 3.63) is 0 Å². The molecule has 0 bridgehead atoms. The van der Waals surface area contributed by atoms with Crippen molar-refractivity contribution in [2.45, 2.75) is 58.2 Å². The SMILES string of the molecule is CC(C)(CCOC(C)(C)CCC(=O)O)OCCNC(=O)F. The van der Waals surface area contributed by atoms with Gasteiger partial charge in [-0.2, -0.15) is 0 Å². The Balaban J connectivity index is 3.91. The number of carbonyl (C=O) groups excluding carboxylic acids is 1. The highest BCUT2D eigenvalue weighted by atomic mass is 19.1. The van der Waals surface area contributed by atoms with Gasteiger partial charge in [0.25, 0.3) is 0 Å². The molecule has 0 aliphatic carbocycles. The van der Waals surface area contributed by atoms with E-state index in [9.17, 15) is 14.0 Å².